The van der Waals surface area contributed by atoms with Gasteiger partial charge in [-0.15, -0.1) is 0 Å². The molecule has 1 aliphatic carbocycles. The monoisotopic (exact) mass is 293 g/mol. The Morgan fingerprint density at radius 2 is 1.75 bits per heavy atom. The topological polar surface area (TPSA) is 12.0 Å². The summed E-state index contributed by atoms with van der Waals surface area (Å²) in [4.78, 5) is 0. The molecule has 1 aliphatic rings. The summed E-state index contributed by atoms with van der Waals surface area (Å²) in [6.45, 7) is 0.257. The Morgan fingerprint density at radius 3 is 2.19 bits per heavy atom. The lowest BCUT2D eigenvalue weighted by molar-refractivity contribution is -0.166. The number of hydrogen-bond acceptors (Lipinski definition) is 1. The highest BCUT2D eigenvalue weighted by atomic mass is 79.9. The zero-order valence-electron chi connectivity index (χ0n) is 8.44. The molecule has 0 radical (unpaired) electrons. The first-order valence-corrected chi connectivity index (χ1v) is 5.78. The number of nitrogens with one attached hydrogen (secondary N) is 1. The van der Waals surface area contributed by atoms with E-state index in [2.05, 4.69) is 21.2 Å². The zero-order valence-corrected chi connectivity index (χ0v) is 10.0. The average Bonchev–Trinajstić information content (AvgIpc) is 2.97. The van der Waals surface area contributed by atoms with E-state index in [-0.39, 0.29) is 19.4 Å². The Bertz CT molecular complexity index is 368. The van der Waals surface area contributed by atoms with Crippen molar-refractivity contribution in [2.24, 2.45) is 0 Å². The van der Waals surface area contributed by atoms with Gasteiger partial charge in [-0.05, 0) is 30.5 Å². The Hall–Kier alpha value is -0.550. The molecule has 1 N–H and O–H groups in total. The molecule has 0 unspecified atom stereocenters. The van der Waals surface area contributed by atoms with Crippen LogP contribution in [0, 0.1) is 0 Å². The van der Waals surface area contributed by atoms with E-state index in [4.69, 9.17) is 0 Å². The fraction of sp³-hybridized carbons (Fsp3) is 0.455. The summed E-state index contributed by atoms with van der Waals surface area (Å²) in [5.74, 6) is 0. The van der Waals surface area contributed by atoms with Gasteiger partial charge in [0.05, 0.1) is 0 Å². The highest BCUT2D eigenvalue weighted by Crippen LogP contribution is 2.49. The highest BCUT2D eigenvalue weighted by Gasteiger charge is 2.62. The molecule has 88 valence electrons. The molecule has 5 heteroatoms. The second-order valence-electron chi connectivity index (χ2n) is 4.06. The molecule has 1 fully saturated rings. The van der Waals surface area contributed by atoms with E-state index in [1.54, 1.807) is 0 Å². The fourth-order valence-electron chi connectivity index (χ4n) is 1.56. The molecular formula is C11H11BrF3N. The van der Waals surface area contributed by atoms with Gasteiger partial charge >= 0.3 is 6.18 Å². The molecule has 0 heterocycles. The van der Waals surface area contributed by atoms with E-state index in [0.717, 1.165) is 10.0 Å². The van der Waals surface area contributed by atoms with Gasteiger partial charge in [-0.25, -0.2) is 0 Å². The van der Waals surface area contributed by atoms with Crippen LogP contribution in [0.15, 0.2) is 28.7 Å². The van der Waals surface area contributed by atoms with Gasteiger partial charge in [0.25, 0.3) is 0 Å². The first kappa shape index (κ1) is 11.9. The van der Waals surface area contributed by atoms with Crippen molar-refractivity contribution in [1.82, 2.24) is 5.32 Å². The Morgan fingerprint density at radius 1 is 1.19 bits per heavy atom. The molecule has 16 heavy (non-hydrogen) atoms. The highest BCUT2D eigenvalue weighted by molar-refractivity contribution is 9.10. The van der Waals surface area contributed by atoms with Gasteiger partial charge in [0.15, 0.2) is 0 Å². The van der Waals surface area contributed by atoms with Crippen molar-refractivity contribution in [3.8, 4) is 0 Å². The van der Waals surface area contributed by atoms with Crippen LogP contribution in [0.2, 0.25) is 0 Å². The third-order valence-corrected chi connectivity index (χ3v) is 3.37. The molecule has 1 nitrogen and oxygen atoms in total. The molecule has 0 aromatic heterocycles. The Balaban J connectivity index is 1.96. The van der Waals surface area contributed by atoms with E-state index in [1.165, 1.54) is 0 Å². The molecule has 1 aromatic carbocycles. The lowest BCUT2D eigenvalue weighted by atomic mass is 10.2. The second kappa shape index (κ2) is 4.04. The lowest BCUT2D eigenvalue weighted by Gasteiger charge is -2.20. The first-order valence-electron chi connectivity index (χ1n) is 4.99. The summed E-state index contributed by atoms with van der Waals surface area (Å²) in [5, 5.41) is 2.61. The van der Waals surface area contributed by atoms with Gasteiger partial charge in [0, 0.05) is 11.0 Å². The average molecular weight is 294 g/mol. The van der Waals surface area contributed by atoms with Crippen LogP contribution in [-0.2, 0) is 6.54 Å². The van der Waals surface area contributed by atoms with Gasteiger partial charge in [0.1, 0.15) is 5.54 Å². The second-order valence-corrected chi connectivity index (χ2v) is 4.98. The van der Waals surface area contributed by atoms with Crippen LogP contribution in [-0.4, -0.2) is 11.7 Å². The van der Waals surface area contributed by atoms with Crippen LogP contribution in [0.1, 0.15) is 18.4 Å². The molecule has 2 rings (SSSR count). The normalized spacial score (nSPS) is 18.5. The van der Waals surface area contributed by atoms with Gasteiger partial charge in [-0.2, -0.15) is 13.2 Å². The maximum absolute atomic E-state index is 12.6. The van der Waals surface area contributed by atoms with Crippen molar-refractivity contribution >= 4 is 15.9 Å². The number of alkyl halides is 3. The molecule has 0 atom stereocenters. The minimum absolute atomic E-state index is 0.188. The van der Waals surface area contributed by atoms with Crippen molar-refractivity contribution in [2.45, 2.75) is 31.1 Å². The lowest BCUT2D eigenvalue weighted by Crippen LogP contribution is -2.44. The third-order valence-electron chi connectivity index (χ3n) is 2.84. The summed E-state index contributed by atoms with van der Waals surface area (Å²) in [5.41, 5.74) is -0.765. The largest absolute Gasteiger partial charge is 0.406 e. The quantitative estimate of drug-likeness (QED) is 0.897. The summed E-state index contributed by atoms with van der Waals surface area (Å²) in [6, 6.07) is 7.27. The minimum atomic E-state index is -4.14. The van der Waals surface area contributed by atoms with Gasteiger partial charge in [-0.3, -0.25) is 5.32 Å². The van der Waals surface area contributed by atoms with E-state index < -0.39 is 11.7 Å². The van der Waals surface area contributed by atoms with Crippen LogP contribution in [0.25, 0.3) is 0 Å². The fourth-order valence-corrected chi connectivity index (χ4v) is 1.82. The zero-order chi connectivity index (χ0) is 11.8. The van der Waals surface area contributed by atoms with Crippen molar-refractivity contribution in [1.29, 1.82) is 0 Å². The van der Waals surface area contributed by atoms with Gasteiger partial charge < -0.3 is 0 Å². The molecule has 0 amide bonds. The molecule has 1 aromatic rings. The van der Waals surface area contributed by atoms with Crippen LogP contribution < -0.4 is 5.32 Å². The first-order chi connectivity index (χ1) is 7.43. The molecule has 0 spiro atoms. The number of hydrogen-bond donors (Lipinski definition) is 1. The van der Waals surface area contributed by atoms with Crippen molar-refractivity contribution in [3.05, 3.63) is 34.3 Å². The summed E-state index contributed by atoms with van der Waals surface area (Å²) in [7, 11) is 0. The van der Waals surface area contributed by atoms with Gasteiger partial charge in [0.2, 0.25) is 0 Å². The summed E-state index contributed by atoms with van der Waals surface area (Å²) < 4.78 is 38.7. The van der Waals surface area contributed by atoms with E-state index in [9.17, 15) is 13.2 Å². The van der Waals surface area contributed by atoms with Crippen molar-refractivity contribution < 1.29 is 13.2 Å². The van der Waals surface area contributed by atoms with Crippen LogP contribution in [0.5, 0.6) is 0 Å². The molecule has 1 saturated carbocycles. The summed E-state index contributed by atoms with van der Waals surface area (Å²) in [6.07, 6.45) is -3.76. The SMILES string of the molecule is FC(F)(F)C1(NCc2ccc(Br)cc2)CC1. The maximum atomic E-state index is 12.6. The smallest absolute Gasteiger partial charge is 0.299 e. The molecule has 0 aliphatic heterocycles. The molecular weight excluding hydrogens is 283 g/mol. The van der Waals surface area contributed by atoms with Crippen LogP contribution in [0.3, 0.4) is 0 Å². The standard InChI is InChI=1S/C11H11BrF3N/c12-9-3-1-8(2-4-9)7-16-10(5-6-10)11(13,14)15/h1-4,16H,5-7H2. The number of rotatable bonds is 3. The maximum Gasteiger partial charge on any atom is 0.406 e. The third kappa shape index (κ3) is 2.40. The molecule has 0 saturated heterocycles. The van der Waals surface area contributed by atoms with E-state index in [1.807, 2.05) is 24.3 Å². The van der Waals surface area contributed by atoms with E-state index in [0.29, 0.717) is 0 Å². The predicted octanol–water partition coefficient (Wildman–Crippen LogP) is 3.63. The van der Waals surface area contributed by atoms with Crippen LogP contribution >= 0.6 is 15.9 Å². The van der Waals surface area contributed by atoms with Crippen molar-refractivity contribution in [2.75, 3.05) is 0 Å². The van der Waals surface area contributed by atoms with Gasteiger partial charge in [-0.1, -0.05) is 28.1 Å². The minimum Gasteiger partial charge on any atom is -0.299 e. The molecule has 0 bridgehead atoms. The predicted molar refractivity (Wildman–Crippen MR) is 59.0 cm³/mol. The summed E-state index contributed by atoms with van der Waals surface area (Å²) >= 11 is 3.28. The van der Waals surface area contributed by atoms with Crippen molar-refractivity contribution in [3.63, 3.8) is 0 Å². The van der Waals surface area contributed by atoms with Crippen LogP contribution in [0.4, 0.5) is 13.2 Å². The number of benzene rings is 1. The van der Waals surface area contributed by atoms with E-state index >= 15 is 0 Å². The Labute approximate surface area is 100 Å². The number of halogens is 4. The Kier molecular flexibility index (Phi) is 3.01.